The van der Waals surface area contributed by atoms with Crippen LogP contribution < -0.4 is 0 Å². The molecule has 1 aliphatic heterocycles. The fourth-order valence-electron chi connectivity index (χ4n) is 2.42. The van der Waals surface area contributed by atoms with Gasteiger partial charge >= 0.3 is 0 Å². The number of benzene rings is 1. The van der Waals surface area contributed by atoms with E-state index < -0.39 is 0 Å². The summed E-state index contributed by atoms with van der Waals surface area (Å²) in [4.78, 5) is 10.1. The third-order valence-electron chi connectivity index (χ3n) is 3.36. The maximum Gasteiger partial charge on any atom is 0.125 e. The van der Waals surface area contributed by atoms with Crippen LogP contribution in [0.1, 0.15) is 18.7 Å². The highest BCUT2D eigenvalue weighted by Crippen LogP contribution is 2.14. The van der Waals surface area contributed by atoms with Crippen LogP contribution in [-0.2, 0) is 6.42 Å². The van der Waals surface area contributed by atoms with Crippen molar-refractivity contribution in [3.8, 4) is 0 Å². The molecule has 1 N–H and O–H groups in total. The van der Waals surface area contributed by atoms with E-state index in [1.807, 2.05) is 0 Å². The summed E-state index contributed by atoms with van der Waals surface area (Å²) < 4.78 is 13.0. The van der Waals surface area contributed by atoms with Gasteiger partial charge in [-0.3, -0.25) is 0 Å². The zero-order valence-corrected chi connectivity index (χ0v) is 9.75. The first-order chi connectivity index (χ1) is 8.31. The van der Waals surface area contributed by atoms with E-state index in [4.69, 9.17) is 0 Å². The van der Waals surface area contributed by atoms with Gasteiger partial charge < -0.3 is 9.88 Å². The summed E-state index contributed by atoms with van der Waals surface area (Å²) >= 11 is 0. The average Bonchev–Trinajstić information content (AvgIpc) is 2.94. The third kappa shape index (κ3) is 2.31. The molecule has 3 rings (SSSR count). The molecule has 1 aliphatic rings. The number of hydrogen-bond donors (Lipinski definition) is 1. The minimum Gasteiger partial charge on any atom is -0.342 e. The Morgan fingerprint density at radius 2 is 2.12 bits per heavy atom. The number of likely N-dealkylation sites (tertiary alicyclic amines) is 1. The number of halogens is 1. The molecule has 4 heteroatoms. The maximum absolute atomic E-state index is 13.0. The molecule has 2 heterocycles. The van der Waals surface area contributed by atoms with E-state index in [1.54, 1.807) is 6.07 Å². The highest BCUT2D eigenvalue weighted by Gasteiger charge is 2.12. The summed E-state index contributed by atoms with van der Waals surface area (Å²) in [5.74, 6) is 0.741. The number of nitrogens with one attached hydrogen (secondary N) is 1. The number of rotatable bonds is 3. The third-order valence-corrected chi connectivity index (χ3v) is 3.36. The molecule has 17 heavy (non-hydrogen) atoms. The first-order valence-corrected chi connectivity index (χ1v) is 6.18. The zero-order chi connectivity index (χ0) is 11.7. The highest BCUT2D eigenvalue weighted by atomic mass is 19.1. The zero-order valence-electron chi connectivity index (χ0n) is 9.75. The van der Waals surface area contributed by atoms with Crippen LogP contribution in [0.5, 0.6) is 0 Å². The Kier molecular flexibility index (Phi) is 2.81. The normalized spacial score (nSPS) is 17.0. The Hall–Kier alpha value is -1.42. The van der Waals surface area contributed by atoms with Gasteiger partial charge in [0.05, 0.1) is 11.0 Å². The summed E-state index contributed by atoms with van der Waals surface area (Å²) in [7, 11) is 0. The van der Waals surface area contributed by atoms with Crippen molar-refractivity contribution in [2.24, 2.45) is 0 Å². The molecule has 0 spiro atoms. The fourth-order valence-corrected chi connectivity index (χ4v) is 2.42. The summed E-state index contributed by atoms with van der Waals surface area (Å²) in [5.41, 5.74) is 1.64. The Balaban J connectivity index is 1.72. The number of fused-ring (bicyclic) bond motifs is 1. The lowest BCUT2D eigenvalue weighted by Crippen LogP contribution is -2.22. The molecule has 2 aromatic rings. The van der Waals surface area contributed by atoms with Crippen LogP contribution in [0.15, 0.2) is 18.2 Å². The van der Waals surface area contributed by atoms with E-state index in [2.05, 4.69) is 14.9 Å². The predicted molar refractivity (Wildman–Crippen MR) is 65.4 cm³/mol. The molecule has 1 aromatic carbocycles. The SMILES string of the molecule is Fc1ccc2nc(CCN3CCCC3)[nH]c2c1. The van der Waals surface area contributed by atoms with E-state index in [0.29, 0.717) is 0 Å². The largest absolute Gasteiger partial charge is 0.342 e. The van der Waals surface area contributed by atoms with E-state index in [0.717, 1.165) is 29.8 Å². The van der Waals surface area contributed by atoms with Crippen LogP contribution in [0.4, 0.5) is 4.39 Å². The minimum atomic E-state index is -0.216. The van der Waals surface area contributed by atoms with Crippen LogP contribution in [0.25, 0.3) is 11.0 Å². The number of hydrogen-bond acceptors (Lipinski definition) is 2. The average molecular weight is 233 g/mol. The van der Waals surface area contributed by atoms with Gasteiger partial charge in [-0.15, -0.1) is 0 Å². The molecule has 0 radical (unpaired) electrons. The predicted octanol–water partition coefficient (Wildman–Crippen LogP) is 2.34. The summed E-state index contributed by atoms with van der Waals surface area (Å²) in [6, 6.07) is 4.68. The van der Waals surface area contributed by atoms with Gasteiger partial charge in [-0.05, 0) is 44.1 Å². The lowest BCUT2D eigenvalue weighted by molar-refractivity contribution is 0.341. The van der Waals surface area contributed by atoms with Crippen molar-refractivity contribution in [2.75, 3.05) is 19.6 Å². The summed E-state index contributed by atoms with van der Waals surface area (Å²) in [6.07, 6.45) is 3.53. The molecule has 0 amide bonds. The fraction of sp³-hybridized carbons (Fsp3) is 0.462. The Morgan fingerprint density at radius 3 is 2.94 bits per heavy atom. The van der Waals surface area contributed by atoms with Crippen LogP contribution in [0, 0.1) is 5.82 Å². The topological polar surface area (TPSA) is 31.9 Å². The molecule has 0 saturated carbocycles. The highest BCUT2D eigenvalue weighted by molar-refractivity contribution is 5.74. The maximum atomic E-state index is 13.0. The molecule has 0 bridgehead atoms. The van der Waals surface area contributed by atoms with E-state index in [9.17, 15) is 4.39 Å². The van der Waals surface area contributed by atoms with Gasteiger partial charge in [0.1, 0.15) is 11.6 Å². The van der Waals surface area contributed by atoms with Crippen molar-refractivity contribution in [1.82, 2.24) is 14.9 Å². The summed E-state index contributed by atoms with van der Waals surface area (Å²) in [5, 5.41) is 0. The van der Waals surface area contributed by atoms with Gasteiger partial charge in [0, 0.05) is 13.0 Å². The minimum absolute atomic E-state index is 0.216. The van der Waals surface area contributed by atoms with Gasteiger partial charge in [-0.1, -0.05) is 0 Å². The van der Waals surface area contributed by atoms with E-state index in [1.165, 1.54) is 38.1 Å². The van der Waals surface area contributed by atoms with Gasteiger partial charge in [0.15, 0.2) is 0 Å². The van der Waals surface area contributed by atoms with Gasteiger partial charge in [0.25, 0.3) is 0 Å². The Labute approximate surface area is 99.7 Å². The Bertz CT molecular complexity index is 514. The molecular weight excluding hydrogens is 217 g/mol. The Morgan fingerprint density at radius 1 is 1.29 bits per heavy atom. The van der Waals surface area contributed by atoms with Crippen LogP contribution in [0.3, 0.4) is 0 Å². The first-order valence-electron chi connectivity index (χ1n) is 6.18. The van der Waals surface area contributed by atoms with Crippen molar-refractivity contribution in [2.45, 2.75) is 19.3 Å². The number of aromatic amines is 1. The smallest absolute Gasteiger partial charge is 0.125 e. The monoisotopic (exact) mass is 233 g/mol. The number of nitrogens with zero attached hydrogens (tertiary/aromatic N) is 2. The lowest BCUT2D eigenvalue weighted by atomic mass is 10.3. The number of aromatic nitrogens is 2. The van der Waals surface area contributed by atoms with Crippen molar-refractivity contribution >= 4 is 11.0 Å². The molecule has 1 fully saturated rings. The van der Waals surface area contributed by atoms with Crippen molar-refractivity contribution in [3.63, 3.8) is 0 Å². The standard InChI is InChI=1S/C13H16FN3/c14-10-3-4-11-12(9-10)16-13(15-11)5-8-17-6-1-2-7-17/h3-4,9H,1-2,5-8H2,(H,15,16). The molecule has 1 aromatic heterocycles. The molecule has 90 valence electrons. The van der Waals surface area contributed by atoms with E-state index >= 15 is 0 Å². The van der Waals surface area contributed by atoms with Crippen molar-refractivity contribution in [1.29, 1.82) is 0 Å². The van der Waals surface area contributed by atoms with Gasteiger partial charge in [-0.25, -0.2) is 9.37 Å². The molecule has 0 atom stereocenters. The molecule has 1 saturated heterocycles. The van der Waals surface area contributed by atoms with Gasteiger partial charge in [0.2, 0.25) is 0 Å². The quantitative estimate of drug-likeness (QED) is 0.882. The van der Waals surface area contributed by atoms with Crippen LogP contribution in [-0.4, -0.2) is 34.5 Å². The molecular formula is C13H16FN3. The summed E-state index contributed by atoms with van der Waals surface area (Å²) in [6.45, 7) is 3.45. The number of imidazole rings is 1. The molecule has 3 nitrogen and oxygen atoms in total. The van der Waals surface area contributed by atoms with Crippen molar-refractivity contribution in [3.05, 3.63) is 29.8 Å². The molecule has 0 unspecified atom stereocenters. The lowest BCUT2D eigenvalue weighted by Gasteiger charge is -2.12. The second kappa shape index (κ2) is 4.45. The second-order valence-electron chi connectivity index (χ2n) is 4.64. The number of H-pyrrole nitrogens is 1. The van der Waals surface area contributed by atoms with Crippen LogP contribution >= 0.6 is 0 Å². The van der Waals surface area contributed by atoms with E-state index in [-0.39, 0.29) is 5.82 Å². The molecule has 0 aliphatic carbocycles. The second-order valence-corrected chi connectivity index (χ2v) is 4.64. The first kappa shape index (κ1) is 10.7. The van der Waals surface area contributed by atoms with Gasteiger partial charge in [-0.2, -0.15) is 0 Å². The van der Waals surface area contributed by atoms with Crippen molar-refractivity contribution < 1.29 is 4.39 Å². The van der Waals surface area contributed by atoms with Crippen LogP contribution in [0.2, 0.25) is 0 Å².